The molecule has 4 heterocycles. The topological polar surface area (TPSA) is 124 Å². The molecular weight excluding hydrogens is 630 g/mol. The van der Waals surface area contributed by atoms with E-state index < -0.39 is 11.7 Å². The van der Waals surface area contributed by atoms with E-state index in [4.69, 9.17) is 9.47 Å². The van der Waals surface area contributed by atoms with E-state index in [2.05, 4.69) is 34.6 Å². The van der Waals surface area contributed by atoms with Crippen LogP contribution >= 0.6 is 0 Å². The summed E-state index contributed by atoms with van der Waals surface area (Å²) in [5.74, 6) is 1.68. The van der Waals surface area contributed by atoms with Crippen molar-refractivity contribution in [2.75, 3.05) is 52.5 Å². The van der Waals surface area contributed by atoms with Crippen LogP contribution < -0.4 is 15.6 Å². The minimum atomic E-state index is -0.923. The molecular formula is C41H52N3O6+. The Kier molecular flexibility index (Phi) is 10.6. The van der Waals surface area contributed by atoms with Crippen LogP contribution in [0.25, 0.3) is 10.9 Å². The number of phenolic OH excluding ortho intramolecular Hbond substituents is 1. The third kappa shape index (κ3) is 7.62. The van der Waals surface area contributed by atoms with Crippen molar-refractivity contribution in [1.82, 2.24) is 10.3 Å². The van der Waals surface area contributed by atoms with Crippen LogP contribution in [-0.2, 0) is 16.8 Å². The number of piperidine rings is 3. The number of hydrogen-bond acceptors (Lipinski definition) is 7. The monoisotopic (exact) mass is 682 g/mol. The lowest BCUT2D eigenvalue weighted by Crippen LogP contribution is -2.65. The molecule has 4 aromatic rings. The average Bonchev–Trinajstić information content (AvgIpc) is 3.70. The van der Waals surface area contributed by atoms with Gasteiger partial charge in [-0.05, 0) is 72.7 Å². The minimum absolute atomic E-state index is 0.0177. The fourth-order valence-electron chi connectivity index (χ4n) is 8.77. The van der Waals surface area contributed by atoms with E-state index in [1.54, 1.807) is 12.1 Å². The number of aliphatic hydroxyl groups is 2. The molecule has 0 radical (unpaired) electrons. The number of rotatable bonds is 15. The number of nitrogens with one attached hydrogen (secondary N) is 2. The van der Waals surface area contributed by atoms with Gasteiger partial charge in [0.2, 0.25) is 5.56 Å². The van der Waals surface area contributed by atoms with Crippen molar-refractivity contribution in [3.8, 4) is 11.5 Å². The molecule has 0 spiro atoms. The fraction of sp³-hybridized carbons (Fsp3) is 0.488. The molecule has 3 aromatic carbocycles. The maximum Gasteiger partial charge on any atom is 0.248 e. The van der Waals surface area contributed by atoms with Crippen LogP contribution in [0.4, 0.5) is 0 Å². The first kappa shape index (κ1) is 34.7. The van der Waals surface area contributed by atoms with Crippen molar-refractivity contribution in [3.05, 3.63) is 106 Å². The Morgan fingerprint density at radius 2 is 1.70 bits per heavy atom. The summed E-state index contributed by atoms with van der Waals surface area (Å²) in [6.45, 7) is 6.36. The number of nitrogens with zero attached hydrogens (tertiary/aromatic N) is 1. The van der Waals surface area contributed by atoms with Crippen LogP contribution in [0, 0.1) is 11.8 Å². The maximum atomic E-state index is 12.0. The van der Waals surface area contributed by atoms with Gasteiger partial charge in [-0.1, -0.05) is 61.4 Å². The molecule has 4 fully saturated rings. The van der Waals surface area contributed by atoms with Gasteiger partial charge in [0.15, 0.2) is 0 Å². The molecule has 1 aromatic heterocycles. The minimum Gasteiger partial charge on any atom is -0.506 e. The Morgan fingerprint density at radius 3 is 2.46 bits per heavy atom. The van der Waals surface area contributed by atoms with E-state index in [1.807, 2.05) is 30.3 Å². The second-order valence-corrected chi connectivity index (χ2v) is 14.9. The van der Waals surface area contributed by atoms with Gasteiger partial charge in [-0.15, -0.1) is 0 Å². The van der Waals surface area contributed by atoms with Crippen molar-refractivity contribution in [1.29, 1.82) is 0 Å². The zero-order valence-electron chi connectivity index (χ0n) is 28.9. The molecule has 8 rings (SSSR count). The highest BCUT2D eigenvalue weighted by Gasteiger charge is 2.48. The Balaban J connectivity index is 0.862. The molecule has 3 aliphatic heterocycles. The predicted molar refractivity (Wildman–Crippen MR) is 194 cm³/mol. The molecule has 50 heavy (non-hydrogen) atoms. The molecule has 3 atom stereocenters. The third-order valence-electron chi connectivity index (χ3n) is 11.8. The van der Waals surface area contributed by atoms with Gasteiger partial charge in [0.1, 0.15) is 42.9 Å². The van der Waals surface area contributed by atoms with E-state index in [0.29, 0.717) is 48.7 Å². The van der Waals surface area contributed by atoms with E-state index >= 15 is 0 Å². The molecule has 3 saturated heterocycles. The number of aromatic nitrogens is 1. The van der Waals surface area contributed by atoms with Crippen molar-refractivity contribution in [2.45, 2.75) is 62.8 Å². The number of aromatic amines is 1. The predicted octanol–water partition coefficient (Wildman–Crippen LogP) is 5.18. The molecule has 2 bridgehead atoms. The lowest BCUT2D eigenvalue weighted by molar-refractivity contribution is -0.946. The highest BCUT2D eigenvalue weighted by molar-refractivity contribution is 5.87. The van der Waals surface area contributed by atoms with Crippen LogP contribution in [0.2, 0.25) is 0 Å². The summed E-state index contributed by atoms with van der Waals surface area (Å²) in [5, 5.41) is 36.9. The first-order chi connectivity index (χ1) is 24.3. The van der Waals surface area contributed by atoms with Gasteiger partial charge in [0.25, 0.3) is 0 Å². The number of hydrogen-bond donors (Lipinski definition) is 5. The van der Waals surface area contributed by atoms with Gasteiger partial charge in [-0.2, -0.15) is 0 Å². The quantitative estimate of drug-likeness (QED) is 0.0865. The van der Waals surface area contributed by atoms with Crippen molar-refractivity contribution in [3.63, 3.8) is 0 Å². The number of phenols is 1. The van der Waals surface area contributed by atoms with Gasteiger partial charge >= 0.3 is 0 Å². The zero-order chi connectivity index (χ0) is 34.6. The van der Waals surface area contributed by atoms with Gasteiger partial charge in [0.05, 0.1) is 31.3 Å². The summed E-state index contributed by atoms with van der Waals surface area (Å²) in [6, 6.07) is 24.7. The fourth-order valence-corrected chi connectivity index (χ4v) is 8.77. The van der Waals surface area contributed by atoms with E-state index in [-0.39, 0.29) is 23.3 Å². The lowest BCUT2D eigenvalue weighted by Gasteiger charge is -2.52. The summed E-state index contributed by atoms with van der Waals surface area (Å²) < 4.78 is 14.0. The van der Waals surface area contributed by atoms with Crippen LogP contribution in [0.5, 0.6) is 11.5 Å². The average molecular weight is 683 g/mol. The van der Waals surface area contributed by atoms with Gasteiger partial charge < -0.3 is 39.6 Å². The maximum absolute atomic E-state index is 12.0. The van der Waals surface area contributed by atoms with E-state index in [1.165, 1.54) is 56.5 Å². The molecule has 0 amide bonds. The van der Waals surface area contributed by atoms with Crippen LogP contribution in [0.1, 0.15) is 61.3 Å². The number of aliphatic hydroxyl groups excluding tert-OH is 1. The SMILES string of the molecule is O=c1ccc2c([C@@H](O)CNCCc3ccc(OCC[N+]45CCC(CC4)[C@@H](OCC(O)(c4ccccc4)C4CCCC4)C5)cc3)ccc(O)c2[nH]1. The number of quaternary nitrogens is 1. The highest BCUT2D eigenvalue weighted by Crippen LogP contribution is 2.42. The summed E-state index contributed by atoms with van der Waals surface area (Å²) in [4.78, 5) is 14.3. The van der Waals surface area contributed by atoms with Gasteiger partial charge in [0, 0.05) is 36.8 Å². The lowest BCUT2D eigenvalue weighted by atomic mass is 9.80. The largest absolute Gasteiger partial charge is 0.506 e. The van der Waals surface area contributed by atoms with Crippen LogP contribution in [0.3, 0.4) is 0 Å². The third-order valence-corrected chi connectivity index (χ3v) is 11.8. The van der Waals surface area contributed by atoms with E-state index in [9.17, 15) is 20.1 Å². The van der Waals surface area contributed by atoms with Crippen molar-refractivity contribution < 1.29 is 29.3 Å². The number of ether oxygens (including phenoxy) is 2. The molecule has 1 unspecified atom stereocenters. The first-order valence-corrected chi connectivity index (χ1v) is 18.5. The van der Waals surface area contributed by atoms with Crippen molar-refractivity contribution in [2.24, 2.45) is 11.8 Å². The summed E-state index contributed by atoms with van der Waals surface area (Å²) in [5.41, 5.74) is 1.94. The molecule has 1 saturated carbocycles. The molecule has 1 aliphatic carbocycles. The van der Waals surface area contributed by atoms with Crippen LogP contribution in [0.15, 0.2) is 83.7 Å². The molecule has 9 nitrogen and oxygen atoms in total. The molecule has 4 aliphatic rings. The van der Waals surface area contributed by atoms with Crippen molar-refractivity contribution >= 4 is 10.9 Å². The second-order valence-electron chi connectivity index (χ2n) is 14.9. The first-order valence-electron chi connectivity index (χ1n) is 18.5. The Bertz CT molecular complexity index is 1770. The number of fused-ring (bicyclic) bond motifs is 4. The Labute approximate surface area is 294 Å². The number of benzene rings is 3. The summed E-state index contributed by atoms with van der Waals surface area (Å²) >= 11 is 0. The van der Waals surface area contributed by atoms with E-state index in [0.717, 1.165) is 48.1 Å². The summed E-state index contributed by atoms with van der Waals surface area (Å²) in [7, 11) is 0. The normalized spacial score (nSPS) is 24.0. The molecule has 266 valence electrons. The Morgan fingerprint density at radius 1 is 0.940 bits per heavy atom. The highest BCUT2D eigenvalue weighted by atomic mass is 16.5. The van der Waals surface area contributed by atoms with Crippen LogP contribution in [-0.4, -0.2) is 83.4 Å². The number of pyridine rings is 1. The van der Waals surface area contributed by atoms with Gasteiger partial charge in [-0.3, -0.25) is 4.79 Å². The second kappa shape index (κ2) is 15.3. The Hall–Kier alpha value is -3.73. The smallest absolute Gasteiger partial charge is 0.248 e. The molecule has 5 N–H and O–H groups in total. The summed E-state index contributed by atoms with van der Waals surface area (Å²) in [6.07, 6.45) is 7.03. The zero-order valence-corrected chi connectivity index (χ0v) is 28.9. The standard InChI is InChI=1S/C41H51N3O6/c45-36-16-14-34(35-15-17-39(47)43-40(35)36)37(46)26-42-21-18-29-10-12-33(13-11-29)49-25-24-44-22-19-30(20-23-44)38(27-44)50-28-41(48,32-8-4-5-9-32)31-6-2-1-3-7-31/h1-3,6-7,10-17,30,32,37-38,42,46,48H,4-5,8-9,18-28H2,(H-,43,45,47)/p+1/t30?,37-,38-,41?,44?/m0/s1. The van der Waals surface area contributed by atoms with Gasteiger partial charge in [-0.25, -0.2) is 0 Å². The number of H-pyrrole nitrogens is 1. The number of aromatic hydroxyl groups is 1. The molecule has 9 heteroatoms.